The number of rotatable bonds is 5. The number of likely N-dealkylation sites (tertiary alicyclic amines) is 1. The molecule has 0 aliphatic carbocycles. The fourth-order valence-electron chi connectivity index (χ4n) is 2.59. The van der Waals surface area contributed by atoms with E-state index in [1.54, 1.807) is 0 Å². The van der Waals surface area contributed by atoms with E-state index >= 15 is 0 Å². The van der Waals surface area contributed by atoms with E-state index in [1.165, 1.54) is 11.3 Å². The molecule has 0 radical (unpaired) electrons. The summed E-state index contributed by atoms with van der Waals surface area (Å²) < 4.78 is 0. The third-order valence-electron chi connectivity index (χ3n) is 3.74. The molecule has 0 amide bonds. The minimum absolute atomic E-state index is 0.349. The van der Waals surface area contributed by atoms with Gasteiger partial charge in [0, 0.05) is 25.4 Å². The second kappa shape index (κ2) is 6.76. The number of para-hydroxylation sites is 1. The zero-order valence-corrected chi connectivity index (χ0v) is 11.2. The van der Waals surface area contributed by atoms with Gasteiger partial charge in [-0.05, 0) is 50.4 Å². The molecule has 1 fully saturated rings. The van der Waals surface area contributed by atoms with Gasteiger partial charge in [0.25, 0.3) is 0 Å². The number of benzene rings is 1. The highest BCUT2D eigenvalue weighted by Gasteiger charge is 2.18. The van der Waals surface area contributed by atoms with Gasteiger partial charge in [-0.25, -0.2) is 0 Å². The Hall–Kier alpha value is -1.06. The Balaban J connectivity index is 1.93. The normalized spacial score (nSPS) is 17.9. The molecule has 1 aliphatic rings. The van der Waals surface area contributed by atoms with Gasteiger partial charge in [0.05, 0.1) is 0 Å². The maximum atomic E-state index is 9.15. The van der Waals surface area contributed by atoms with Crippen LogP contribution in [0, 0.1) is 5.92 Å². The van der Waals surface area contributed by atoms with E-state index in [9.17, 15) is 0 Å². The summed E-state index contributed by atoms with van der Waals surface area (Å²) in [7, 11) is 0. The predicted molar refractivity (Wildman–Crippen MR) is 75.7 cm³/mol. The third-order valence-corrected chi connectivity index (χ3v) is 3.74. The molecule has 1 aromatic rings. The molecule has 1 heterocycles. The Morgan fingerprint density at radius 2 is 2.00 bits per heavy atom. The average Bonchev–Trinajstić information content (AvgIpc) is 2.42. The summed E-state index contributed by atoms with van der Waals surface area (Å²) in [4.78, 5) is 2.49. The summed E-state index contributed by atoms with van der Waals surface area (Å²) in [5.74, 6) is 0.519. The molecule has 3 nitrogen and oxygen atoms in total. The van der Waals surface area contributed by atoms with Crippen molar-refractivity contribution in [2.75, 3.05) is 31.6 Å². The van der Waals surface area contributed by atoms with Gasteiger partial charge < -0.3 is 10.4 Å². The number of hydrogen-bond acceptors (Lipinski definition) is 3. The van der Waals surface area contributed by atoms with Crippen LogP contribution in [-0.2, 0) is 6.54 Å². The van der Waals surface area contributed by atoms with Gasteiger partial charge in [0.2, 0.25) is 0 Å². The predicted octanol–water partition coefficient (Wildman–Crippen LogP) is 2.32. The number of anilines is 1. The number of hydrogen-bond donors (Lipinski definition) is 2. The monoisotopic (exact) mass is 248 g/mol. The smallest absolute Gasteiger partial charge is 0.0460 e. The first-order chi connectivity index (χ1) is 8.83. The third kappa shape index (κ3) is 3.47. The Labute approximate surface area is 110 Å². The molecule has 0 saturated carbocycles. The lowest BCUT2D eigenvalue weighted by atomic mass is 9.97. The van der Waals surface area contributed by atoms with Gasteiger partial charge in [0.15, 0.2) is 0 Å². The first-order valence-electron chi connectivity index (χ1n) is 6.98. The van der Waals surface area contributed by atoms with E-state index in [0.29, 0.717) is 12.5 Å². The van der Waals surface area contributed by atoms with Crippen LogP contribution < -0.4 is 5.32 Å². The van der Waals surface area contributed by atoms with Gasteiger partial charge in [0.1, 0.15) is 0 Å². The fraction of sp³-hybridized carbons (Fsp3) is 0.600. The lowest BCUT2D eigenvalue weighted by Crippen LogP contribution is -2.34. The van der Waals surface area contributed by atoms with Gasteiger partial charge >= 0.3 is 0 Å². The van der Waals surface area contributed by atoms with E-state index in [4.69, 9.17) is 5.11 Å². The standard InChI is InChI=1S/C15H24N2O/c1-2-16-15-6-4-3-5-14(15)11-17-9-7-13(12-18)8-10-17/h3-6,13,16,18H,2,7-12H2,1H3. The van der Waals surface area contributed by atoms with Crippen molar-refractivity contribution < 1.29 is 5.11 Å². The fourth-order valence-corrected chi connectivity index (χ4v) is 2.59. The van der Waals surface area contributed by atoms with Crippen molar-refractivity contribution in [1.82, 2.24) is 4.90 Å². The molecule has 0 aromatic heterocycles. The number of aliphatic hydroxyl groups excluding tert-OH is 1. The van der Waals surface area contributed by atoms with E-state index < -0.39 is 0 Å². The molecular weight excluding hydrogens is 224 g/mol. The molecule has 0 spiro atoms. The Morgan fingerprint density at radius 3 is 2.67 bits per heavy atom. The number of nitrogens with zero attached hydrogens (tertiary/aromatic N) is 1. The SMILES string of the molecule is CCNc1ccccc1CN1CCC(CO)CC1. The number of aliphatic hydroxyl groups is 1. The van der Waals surface area contributed by atoms with Gasteiger partial charge in [-0.2, -0.15) is 0 Å². The van der Waals surface area contributed by atoms with Crippen LogP contribution >= 0.6 is 0 Å². The summed E-state index contributed by atoms with van der Waals surface area (Å²) in [5, 5.41) is 12.6. The highest BCUT2D eigenvalue weighted by atomic mass is 16.3. The van der Waals surface area contributed by atoms with Crippen molar-refractivity contribution in [2.24, 2.45) is 5.92 Å². The van der Waals surface area contributed by atoms with Crippen molar-refractivity contribution in [3.05, 3.63) is 29.8 Å². The van der Waals surface area contributed by atoms with Crippen molar-refractivity contribution in [1.29, 1.82) is 0 Å². The molecule has 100 valence electrons. The lowest BCUT2D eigenvalue weighted by molar-refractivity contribution is 0.127. The highest BCUT2D eigenvalue weighted by Crippen LogP contribution is 2.21. The Morgan fingerprint density at radius 1 is 1.28 bits per heavy atom. The van der Waals surface area contributed by atoms with Crippen LogP contribution in [0.3, 0.4) is 0 Å². The second-order valence-corrected chi connectivity index (χ2v) is 5.09. The first kappa shape index (κ1) is 13.4. The zero-order chi connectivity index (χ0) is 12.8. The maximum Gasteiger partial charge on any atom is 0.0460 e. The molecule has 1 aromatic carbocycles. The molecule has 1 aliphatic heterocycles. The molecule has 2 rings (SSSR count). The highest BCUT2D eigenvalue weighted by molar-refractivity contribution is 5.50. The van der Waals surface area contributed by atoms with Crippen molar-refractivity contribution in [2.45, 2.75) is 26.3 Å². The van der Waals surface area contributed by atoms with Crippen LogP contribution in [0.1, 0.15) is 25.3 Å². The van der Waals surface area contributed by atoms with Crippen LogP contribution in [0.15, 0.2) is 24.3 Å². The molecule has 0 unspecified atom stereocenters. The summed E-state index contributed by atoms with van der Waals surface area (Å²) >= 11 is 0. The van der Waals surface area contributed by atoms with Crippen molar-refractivity contribution in [3.63, 3.8) is 0 Å². The van der Waals surface area contributed by atoms with Crippen LogP contribution in [-0.4, -0.2) is 36.2 Å². The quantitative estimate of drug-likeness (QED) is 0.839. The maximum absolute atomic E-state index is 9.15. The van der Waals surface area contributed by atoms with Crippen LogP contribution in [0.5, 0.6) is 0 Å². The molecule has 18 heavy (non-hydrogen) atoms. The molecule has 2 N–H and O–H groups in total. The minimum atomic E-state index is 0.349. The summed E-state index contributed by atoms with van der Waals surface area (Å²) in [6.45, 7) is 6.66. The first-order valence-corrected chi connectivity index (χ1v) is 6.98. The van der Waals surface area contributed by atoms with E-state index in [-0.39, 0.29) is 0 Å². The largest absolute Gasteiger partial charge is 0.396 e. The van der Waals surface area contributed by atoms with E-state index in [1.807, 2.05) is 0 Å². The van der Waals surface area contributed by atoms with Crippen LogP contribution in [0.4, 0.5) is 5.69 Å². The van der Waals surface area contributed by atoms with Crippen LogP contribution in [0.25, 0.3) is 0 Å². The van der Waals surface area contributed by atoms with E-state index in [2.05, 4.69) is 41.4 Å². The molecule has 3 heteroatoms. The topological polar surface area (TPSA) is 35.5 Å². The van der Waals surface area contributed by atoms with Gasteiger partial charge in [-0.15, -0.1) is 0 Å². The molecule has 0 atom stereocenters. The summed E-state index contributed by atoms with van der Waals surface area (Å²) in [5.41, 5.74) is 2.63. The summed E-state index contributed by atoms with van der Waals surface area (Å²) in [6, 6.07) is 8.55. The number of nitrogens with one attached hydrogen (secondary N) is 1. The molecular formula is C15H24N2O. The second-order valence-electron chi connectivity index (χ2n) is 5.09. The van der Waals surface area contributed by atoms with Gasteiger partial charge in [-0.1, -0.05) is 18.2 Å². The number of piperidine rings is 1. The van der Waals surface area contributed by atoms with Gasteiger partial charge in [-0.3, -0.25) is 4.90 Å². The van der Waals surface area contributed by atoms with Crippen LogP contribution in [0.2, 0.25) is 0 Å². The Kier molecular flexibility index (Phi) is 5.02. The van der Waals surface area contributed by atoms with Crippen molar-refractivity contribution >= 4 is 5.69 Å². The lowest BCUT2D eigenvalue weighted by Gasteiger charge is -2.31. The minimum Gasteiger partial charge on any atom is -0.396 e. The zero-order valence-electron chi connectivity index (χ0n) is 11.2. The molecule has 0 bridgehead atoms. The van der Waals surface area contributed by atoms with Crippen molar-refractivity contribution in [3.8, 4) is 0 Å². The summed E-state index contributed by atoms with van der Waals surface area (Å²) in [6.07, 6.45) is 2.25. The average molecular weight is 248 g/mol. The Bertz CT molecular complexity index is 359. The van der Waals surface area contributed by atoms with E-state index in [0.717, 1.165) is 39.0 Å². The molecule has 1 saturated heterocycles.